The highest BCUT2D eigenvalue weighted by Gasteiger charge is 2.45. The minimum atomic E-state index is -3.75. The molecule has 0 saturated heterocycles. The Bertz CT molecular complexity index is 578. The van der Waals surface area contributed by atoms with Gasteiger partial charge >= 0.3 is 0 Å². The van der Waals surface area contributed by atoms with Crippen LogP contribution in [-0.2, 0) is 19.9 Å². The van der Waals surface area contributed by atoms with Crippen molar-refractivity contribution < 1.29 is 16.8 Å². The van der Waals surface area contributed by atoms with Crippen LogP contribution in [0.4, 0.5) is 0 Å². The van der Waals surface area contributed by atoms with E-state index in [4.69, 9.17) is 10.9 Å². The van der Waals surface area contributed by atoms with Crippen molar-refractivity contribution in [3.05, 3.63) is 9.81 Å². The van der Waals surface area contributed by atoms with Gasteiger partial charge in [0.05, 0.1) is 5.25 Å². The summed E-state index contributed by atoms with van der Waals surface area (Å²) in [5, 5.41) is 4.49. The van der Waals surface area contributed by atoms with Gasteiger partial charge in [-0.2, -0.15) is 0 Å². The summed E-state index contributed by atoms with van der Waals surface area (Å²) in [5.74, 6) is 0. The highest BCUT2D eigenvalue weighted by Crippen LogP contribution is 2.48. The van der Waals surface area contributed by atoms with Gasteiger partial charge in [0.15, 0.2) is 9.84 Å². The SMILES string of the molecule is C[C@H]1C[C@H](N)C2=C(S[C@H](S(N)(=O)=O)C2)S1(=O)=O. The molecule has 17 heavy (non-hydrogen) atoms. The highest BCUT2D eigenvalue weighted by molar-refractivity contribution is 8.24. The molecule has 4 N–H and O–H groups in total. The van der Waals surface area contributed by atoms with Crippen LogP contribution in [0.25, 0.3) is 0 Å². The Balaban J connectivity index is 2.45. The molecule has 0 fully saturated rings. The molecular weight excluding hydrogens is 284 g/mol. The second-order valence-electron chi connectivity index (χ2n) is 4.35. The summed E-state index contributed by atoms with van der Waals surface area (Å²) < 4.78 is 45.8. The van der Waals surface area contributed by atoms with Gasteiger partial charge in [0, 0.05) is 6.04 Å². The van der Waals surface area contributed by atoms with Gasteiger partial charge in [0.25, 0.3) is 0 Å². The van der Waals surface area contributed by atoms with Crippen LogP contribution < -0.4 is 10.9 Å². The first-order valence-electron chi connectivity index (χ1n) is 5.05. The number of primary sulfonamides is 1. The van der Waals surface area contributed by atoms with Gasteiger partial charge in [-0.1, -0.05) is 11.8 Å². The molecule has 2 aliphatic heterocycles. The molecule has 6 nitrogen and oxygen atoms in total. The van der Waals surface area contributed by atoms with E-state index < -0.39 is 29.7 Å². The Morgan fingerprint density at radius 1 is 1.41 bits per heavy atom. The number of rotatable bonds is 1. The average Bonchev–Trinajstić information content (AvgIpc) is 2.59. The molecule has 0 aromatic rings. The number of hydrogen-bond acceptors (Lipinski definition) is 6. The first-order valence-corrected chi connectivity index (χ1v) is 9.08. The summed E-state index contributed by atoms with van der Waals surface area (Å²) in [6, 6.07) is -0.386. The molecule has 0 radical (unpaired) electrons. The predicted octanol–water partition coefficient (Wildman–Crippen LogP) is -0.516. The molecule has 98 valence electrons. The van der Waals surface area contributed by atoms with Crippen molar-refractivity contribution in [1.82, 2.24) is 0 Å². The fourth-order valence-electron chi connectivity index (χ4n) is 2.04. The van der Waals surface area contributed by atoms with E-state index in [1.165, 1.54) is 0 Å². The zero-order chi connectivity index (χ0) is 13.0. The maximum Gasteiger partial charge on any atom is 0.222 e. The first-order chi connectivity index (χ1) is 7.64. The van der Waals surface area contributed by atoms with Crippen LogP contribution in [0.15, 0.2) is 9.81 Å². The number of thioether (sulfide) groups is 1. The Morgan fingerprint density at radius 3 is 2.53 bits per heavy atom. The monoisotopic (exact) mass is 298 g/mol. The van der Waals surface area contributed by atoms with Gasteiger partial charge in [0.2, 0.25) is 10.0 Å². The smallest absolute Gasteiger partial charge is 0.222 e. The van der Waals surface area contributed by atoms with Crippen molar-refractivity contribution in [3.8, 4) is 0 Å². The minimum absolute atomic E-state index is 0.117. The first kappa shape index (κ1) is 13.3. The van der Waals surface area contributed by atoms with Crippen LogP contribution in [0, 0.1) is 0 Å². The second kappa shape index (κ2) is 3.95. The van der Waals surface area contributed by atoms with E-state index in [0.29, 0.717) is 12.0 Å². The maximum absolute atomic E-state index is 12.0. The van der Waals surface area contributed by atoms with Gasteiger partial charge in [-0.25, -0.2) is 22.0 Å². The van der Waals surface area contributed by atoms with E-state index in [9.17, 15) is 16.8 Å². The van der Waals surface area contributed by atoms with Crippen LogP contribution in [0.5, 0.6) is 0 Å². The third-order valence-electron chi connectivity index (χ3n) is 3.08. The Labute approximate surface area is 105 Å². The van der Waals surface area contributed by atoms with E-state index in [0.717, 1.165) is 11.8 Å². The lowest BCUT2D eigenvalue weighted by molar-refractivity contribution is 0.561. The fourth-order valence-corrected chi connectivity index (χ4v) is 7.16. The van der Waals surface area contributed by atoms with Gasteiger partial charge in [-0.05, 0) is 25.3 Å². The molecule has 3 atom stereocenters. The number of sulfone groups is 1. The highest BCUT2D eigenvalue weighted by atomic mass is 32.3. The van der Waals surface area contributed by atoms with E-state index in [-0.39, 0.29) is 16.7 Å². The van der Waals surface area contributed by atoms with Crippen LogP contribution in [0.1, 0.15) is 19.8 Å². The molecule has 9 heteroatoms. The van der Waals surface area contributed by atoms with E-state index in [2.05, 4.69) is 0 Å². The minimum Gasteiger partial charge on any atom is -0.324 e. The van der Waals surface area contributed by atoms with E-state index >= 15 is 0 Å². The second-order valence-corrected chi connectivity index (χ2v) is 10.2. The van der Waals surface area contributed by atoms with E-state index in [1.54, 1.807) is 6.92 Å². The summed E-state index contributed by atoms with van der Waals surface area (Å²) in [4.78, 5) is 0. The molecule has 0 amide bonds. The van der Waals surface area contributed by atoms with Crippen LogP contribution in [0.3, 0.4) is 0 Å². The molecule has 2 rings (SSSR count). The van der Waals surface area contributed by atoms with Crippen LogP contribution in [-0.4, -0.2) is 32.7 Å². The lowest BCUT2D eigenvalue weighted by atomic mass is 10.0. The molecule has 2 aliphatic rings. The molecular formula is C8H14N2O4S3. The van der Waals surface area contributed by atoms with Crippen molar-refractivity contribution >= 4 is 31.6 Å². The summed E-state index contributed by atoms with van der Waals surface area (Å²) in [6.45, 7) is 1.59. The Morgan fingerprint density at radius 2 is 2.00 bits per heavy atom. The quantitative estimate of drug-likeness (QED) is 0.672. The average molecular weight is 298 g/mol. The Kier molecular flexibility index (Phi) is 3.10. The zero-order valence-corrected chi connectivity index (χ0v) is 11.6. The van der Waals surface area contributed by atoms with Gasteiger partial charge < -0.3 is 5.73 Å². The molecule has 0 aromatic carbocycles. The molecule has 0 bridgehead atoms. The van der Waals surface area contributed by atoms with Crippen molar-refractivity contribution in [2.45, 2.75) is 35.6 Å². The molecule has 0 aliphatic carbocycles. The van der Waals surface area contributed by atoms with Crippen LogP contribution in [0.2, 0.25) is 0 Å². The third-order valence-corrected chi connectivity index (χ3v) is 8.99. The molecule has 0 unspecified atom stereocenters. The zero-order valence-electron chi connectivity index (χ0n) is 9.16. The third kappa shape index (κ3) is 2.14. The fraction of sp³-hybridized carbons (Fsp3) is 0.750. The van der Waals surface area contributed by atoms with E-state index in [1.807, 2.05) is 0 Å². The molecule has 0 saturated carbocycles. The summed E-state index contributed by atoms with van der Waals surface area (Å²) >= 11 is 0.815. The molecule has 2 heterocycles. The maximum atomic E-state index is 12.0. The van der Waals surface area contributed by atoms with Crippen molar-refractivity contribution in [2.75, 3.05) is 0 Å². The van der Waals surface area contributed by atoms with Crippen molar-refractivity contribution in [2.24, 2.45) is 10.9 Å². The number of hydrogen-bond donors (Lipinski definition) is 2. The molecule has 0 spiro atoms. The lowest BCUT2D eigenvalue weighted by Crippen LogP contribution is -2.36. The van der Waals surface area contributed by atoms with Gasteiger partial charge in [0.1, 0.15) is 8.82 Å². The Hall–Kier alpha value is -0.0900. The van der Waals surface area contributed by atoms with Gasteiger partial charge in [-0.15, -0.1) is 0 Å². The standard InChI is InChI=1S/C8H14N2O4S3/c1-4-2-6(9)5-3-7(17(10,13)14)15-8(5)16(4,11)12/h4,6-7H,2-3,9H2,1H3,(H2,10,13,14)/t4-,6-,7+/m0/s1. The van der Waals surface area contributed by atoms with Crippen LogP contribution >= 0.6 is 11.8 Å². The summed E-state index contributed by atoms with van der Waals surface area (Å²) in [5.41, 5.74) is 6.39. The predicted molar refractivity (Wildman–Crippen MR) is 67.1 cm³/mol. The molecule has 0 aromatic heterocycles. The topological polar surface area (TPSA) is 120 Å². The summed E-state index contributed by atoms with van der Waals surface area (Å²) in [7, 11) is -7.17. The van der Waals surface area contributed by atoms with Gasteiger partial charge in [-0.3, -0.25) is 0 Å². The summed E-state index contributed by atoms with van der Waals surface area (Å²) in [6.07, 6.45) is 0.449. The normalized spacial score (nSPS) is 37.0. The van der Waals surface area contributed by atoms with Crippen molar-refractivity contribution in [3.63, 3.8) is 0 Å². The van der Waals surface area contributed by atoms with Crippen molar-refractivity contribution in [1.29, 1.82) is 0 Å². The number of sulfonamides is 1. The lowest BCUT2D eigenvalue weighted by Gasteiger charge is -2.25. The number of nitrogens with two attached hydrogens (primary N) is 2. The largest absolute Gasteiger partial charge is 0.324 e.